The van der Waals surface area contributed by atoms with Gasteiger partial charge in [-0.05, 0) is 38.3 Å². The minimum absolute atomic E-state index is 0.183. The molecule has 1 aromatic carbocycles. The fraction of sp³-hybridized carbons (Fsp3) is 0.556. The highest BCUT2D eigenvalue weighted by molar-refractivity contribution is 5.72. The molecule has 0 aliphatic carbocycles. The number of amides is 2. The number of carbonyl (C=O) groups is 2. The predicted molar refractivity (Wildman–Crippen MR) is 93.8 cm³/mol. The summed E-state index contributed by atoms with van der Waals surface area (Å²) >= 11 is 0. The SMILES string of the molecule is CC(=O)NCCC(O)C(O)c1cccc(CNC(=O)OC(C)(C)C)c1. The first kappa shape index (κ1) is 20.9. The number of nitrogens with one attached hydrogen (secondary N) is 2. The van der Waals surface area contributed by atoms with Crippen molar-refractivity contribution >= 4 is 12.0 Å². The smallest absolute Gasteiger partial charge is 0.407 e. The van der Waals surface area contributed by atoms with Crippen LogP contribution in [0.15, 0.2) is 24.3 Å². The lowest BCUT2D eigenvalue weighted by atomic mass is 10.00. The van der Waals surface area contributed by atoms with E-state index in [1.54, 1.807) is 45.0 Å². The van der Waals surface area contributed by atoms with E-state index in [0.717, 1.165) is 5.56 Å². The van der Waals surface area contributed by atoms with Crippen molar-refractivity contribution < 1.29 is 24.5 Å². The van der Waals surface area contributed by atoms with Gasteiger partial charge >= 0.3 is 6.09 Å². The molecule has 140 valence electrons. The minimum Gasteiger partial charge on any atom is -0.444 e. The average Bonchev–Trinajstić information content (AvgIpc) is 2.50. The Hall–Kier alpha value is -2.12. The summed E-state index contributed by atoms with van der Waals surface area (Å²) in [5, 5.41) is 25.5. The largest absolute Gasteiger partial charge is 0.444 e. The fourth-order valence-corrected chi connectivity index (χ4v) is 2.15. The van der Waals surface area contributed by atoms with Crippen molar-refractivity contribution in [3.8, 4) is 0 Å². The number of hydrogen-bond acceptors (Lipinski definition) is 5. The summed E-state index contributed by atoms with van der Waals surface area (Å²) in [6.45, 7) is 7.28. The summed E-state index contributed by atoms with van der Waals surface area (Å²) < 4.78 is 5.17. The third-order valence-corrected chi connectivity index (χ3v) is 3.31. The number of alkyl carbamates (subject to hydrolysis) is 1. The molecule has 2 amide bonds. The van der Waals surface area contributed by atoms with Crippen LogP contribution in [0.3, 0.4) is 0 Å². The van der Waals surface area contributed by atoms with Gasteiger partial charge in [0.1, 0.15) is 11.7 Å². The fourth-order valence-electron chi connectivity index (χ4n) is 2.15. The Labute approximate surface area is 148 Å². The van der Waals surface area contributed by atoms with E-state index in [0.29, 0.717) is 5.56 Å². The summed E-state index contributed by atoms with van der Waals surface area (Å²) in [7, 11) is 0. The Morgan fingerprint density at radius 1 is 1.20 bits per heavy atom. The maximum Gasteiger partial charge on any atom is 0.407 e. The maximum atomic E-state index is 11.7. The summed E-state index contributed by atoms with van der Waals surface area (Å²) in [6, 6.07) is 6.95. The Balaban J connectivity index is 2.58. The zero-order valence-corrected chi connectivity index (χ0v) is 15.2. The van der Waals surface area contributed by atoms with E-state index < -0.39 is 23.9 Å². The van der Waals surface area contributed by atoms with Crippen molar-refractivity contribution in [3.05, 3.63) is 35.4 Å². The lowest BCUT2D eigenvalue weighted by Gasteiger charge is -2.20. The zero-order valence-electron chi connectivity index (χ0n) is 15.2. The molecule has 2 atom stereocenters. The molecular formula is C18H28N2O5. The maximum absolute atomic E-state index is 11.7. The van der Waals surface area contributed by atoms with Crippen LogP contribution in [0.25, 0.3) is 0 Å². The van der Waals surface area contributed by atoms with Crippen molar-refractivity contribution in [2.75, 3.05) is 6.54 Å². The van der Waals surface area contributed by atoms with Crippen molar-refractivity contribution in [1.82, 2.24) is 10.6 Å². The van der Waals surface area contributed by atoms with Crippen molar-refractivity contribution in [2.45, 2.75) is 58.5 Å². The van der Waals surface area contributed by atoms with Gasteiger partial charge in [-0.15, -0.1) is 0 Å². The molecule has 0 aliphatic heterocycles. The Bertz CT molecular complexity index is 583. The first-order valence-electron chi connectivity index (χ1n) is 8.25. The van der Waals surface area contributed by atoms with Crippen LogP contribution in [-0.4, -0.2) is 40.5 Å². The van der Waals surface area contributed by atoms with Gasteiger partial charge < -0.3 is 25.6 Å². The molecule has 7 nitrogen and oxygen atoms in total. The number of ether oxygens (including phenoxy) is 1. The summed E-state index contributed by atoms with van der Waals surface area (Å²) in [6.07, 6.45) is -2.36. The van der Waals surface area contributed by atoms with Gasteiger partial charge in [-0.2, -0.15) is 0 Å². The molecular weight excluding hydrogens is 324 g/mol. The topological polar surface area (TPSA) is 108 Å². The third kappa shape index (κ3) is 8.51. The quantitative estimate of drug-likeness (QED) is 0.596. The van der Waals surface area contributed by atoms with Gasteiger partial charge in [0.05, 0.1) is 6.10 Å². The number of benzene rings is 1. The first-order chi connectivity index (χ1) is 11.6. The lowest BCUT2D eigenvalue weighted by Crippen LogP contribution is -2.32. The Morgan fingerprint density at radius 2 is 1.88 bits per heavy atom. The Morgan fingerprint density at radius 3 is 2.48 bits per heavy atom. The predicted octanol–water partition coefficient (Wildman–Crippen LogP) is 1.63. The molecule has 1 rings (SSSR count). The number of carbonyl (C=O) groups excluding carboxylic acids is 2. The van der Waals surface area contributed by atoms with Gasteiger partial charge in [-0.3, -0.25) is 4.79 Å². The molecule has 4 N–H and O–H groups in total. The first-order valence-corrected chi connectivity index (χ1v) is 8.25. The normalized spacial score (nSPS) is 13.7. The molecule has 0 bridgehead atoms. The highest BCUT2D eigenvalue weighted by Gasteiger charge is 2.19. The van der Waals surface area contributed by atoms with Gasteiger partial charge in [0, 0.05) is 20.0 Å². The summed E-state index contributed by atoms with van der Waals surface area (Å²) in [4.78, 5) is 22.5. The summed E-state index contributed by atoms with van der Waals surface area (Å²) in [5.74, 6) is -0.183. The van der Waals surface area contributed by atoms with Crippen molar-refractivity contribution in [1.29, 1.82) is 0 Å². The molecule has 0 saturated carbocycles. The van der Waals surface area contributed by atoms with Gasteiger partial charge in [0.25, 0.3) is 0 Å². The monoisotopic (exact) mass is 352 g/mol. The second-order valence-electron chi connectivity index (χ2n) is 6.88. The van der Waals surface area contributed by atoms with E-state index in [2.05, 4.69) is 10.6 Å². The molecule has 7 heteroatoms. The van der Waals surface area contributed by atoms with E-state index in [1.165, 1.54) is 6.92 Å². The molecule has 0 aliphatic rings. The number of rotatable bonds is 7. The van der Waals surface area contributed by atoms with E-state index in [-0.39, 0.29) is 25.4 Å². The van der Waals surface area contributed by atoms with Crippen LogP contribution in [0.4, 0.5) is 4.79 Å². The summed E-state index contributed by atoms with van der Waals surface area (Å²) in [5.41, 5.74) is 0.746. The highest BCUT2D eigenvalue weighted by Crippen LogP contribution is 2.20. The molecule has 0 saturated heterocycles. The van der Waals surface area contributed by atoms with Crippen molar-refractivity contribution in [3.63, 3.8) is 0 Å². The lowest BCUT2D eigenvalue weighted by molar-refractivity contribution is -0.119. The highest BCUT2D eigenvalue weighted by atomic mass is 16.6. The molecule has 1 aromatic rings. The van der Waals surface area contributed by atoms with E-state index in [9.17, 15) is 19.8 Å². The number of aliphatic hydroxyl groups is 2. The number of hydrogen-bond donors (Lipinski definition) is 4. The van der Waals surface area contributed by atoms with Crippen LogP contribution < -0.4 is 10.6 Å². The second kappa shape index (κ2) is 9.39. The van der Waals surface area contributed by atoms with Crippen molar-refractivity contribution in [2.24, 2.45) is 0 Å². The van der Waals surface area contributed by atoms with Gasteiger partial charge in [-0.25, -0.2) is 4.79 Å². The Kier molecular flexibility index (Phi) is 7.86. The molecule has 0 heterocycles. The number of aliphatic hydroxyl groups excluding tert-OH is 2. The van der Waals surface area contributed by atoms with Crippen LogP contribution >= 0.6 is 0 Å². The van der Waals surface area contributed by atoms with Crippen LogP contribution in [0.5, 0.6) is 0 Å². The van der Waals surface area contributed by atoms with Crippen LogP contribution in [0.1, 0.15) is 51.3 Å². The van der Waals surface area contributed by atoms with Gasteiger partial charge in [0.15, 0.2) is 0 Å². The van der Waals surface area contributed by atoms with E-state index >= 15 is 0 Å². The molecule has 0 spiro atoms. The molecule has 0 radical (unpaired) electrons. The third-order valence-electron chi connectivity index (χ3n) is 3.31. The molecule has 0 aromatic heterocycles. The van der Waals surface area contributed by atoms with Gasteiger partial charge in [-0.1, -0.05) is 24.3 Å². The van der Waals surface area contributed by atoms with Gasteiger partial charge in [0.2, 0.25) is 5.91 Å². The molecule has 2 unspecified atom stereocenters. The van der Waals surface area contributed by atoms with Crippen LogP contribution in [0.2, 0.25) is 0 Å². The van der Waals surface area contributed by atoms with Crippen LogP contribution in [-0.2, 0) is 16.1 Å². The minimum atomic E-state index is -1.07. The van der Waals surface area contributed by atoms with Crippen LogP contribution in [0, 0.1) is 0 Å². The van der Waals surface area contributed by atoms with E-state index in [4.69, 9.17) is 4.74 Å². The molecule has 0 fully saturated rings. The second-order valence-corrected chi connectivity index (χ2v) is 6.88. The molecule has 25 heavy (non-hydrogen) atoms. The zero-order chi connectivity index (χ0) is 19.0. The average molecular weight is 352 g/mol. The standard InChI is InChI=1S/C18H28N2O5/c1-12(21)19-9-8-15(22)16(23)14-7-5-6-13(10-14)11-20-17(24)25-18(2,3)4/h5-7,10,15-16,22-23H,8-9,11H2,1-4H3,(H,19,21)(H,20,24). The van der Waals surface area contributed by atoms with E-state index in [1.807, 2.05) is 0 Å².